The molecule has 10 heteroatoms. The van der Waals surface area contributed by atoms with Crippen molar-refractivity contribution in [3.63, 3.8) is 0 Å². The number of alkyl halides is 2. The Balaban J connectivity index is 1.46. The molecule has 1 aromatic carbocycles. The minimum absolute atomic E-state index is 0.0121. The molecule has 4 rings (SSSR count). The largest absolute Gasteiger partial charge is 0.586 e. The van der Waals surface area contributed by atoms with E-state index in [1.54, 1.807) is 4.57 Å². The molecular formula is C18H20F2N4O4. The van der Waals surface area contributed by atoms with Crippen molar-refractivity contribution in [2.45, 2.75) is 58.0 Å². The second-order valence-electron chi connectivity index (χ2n) is 6.87. The van der Waals surface area contributed by atoms with Gasteiger partial charge in [-0.2, -0.15) is 5.10 Å². The van der Waals surface area contributed by atoms with Gasteiger partial charge in [-0.05, 0) is 31.4 Å². The van der Waals surface area contributed by atoms with Crippen LogP contribution in [-0.4, -0.2) is 32.6 Å². The molecule has 1 N–H and O–H groups in total. The lowest BCUT2D eigenvalue weighted by Gasteiger charge is -2.16. The second-order valence-corrected chi connectivity index (χ2v) is 6.87. The number of benzene rings is 1. The van der Waals surface area contributed by atoms with E-state index in [4.69, 9.17) is 0 Å². The fraction of sp³-hybridized carbons (Fsp3) is 0.500. The van der Waals surface area contributed by atoms with Gasteiger partial charge in [0, 0.05) is 25.6 Å². The number of hydrogen-bond acceptors (Lipinski definition) is 5. The van der Waals surface area contributed by atoms with Crippen LogP contribution in [0.2, 0.25) is 0 Å². The number of aryl methyl sites for hydroxylation is 2. The van der Waals surface area contributed by atoms with Crippen molar-refractivity contribution in [3.05, 3.63) is 40.1 Å². The molecule has 0 bridgehead atoms. The van der Waals surface area contributed by atoms with Crippen LogP contribution in [-0.2, 0) is 19.5 Å². The SMILES string of the molecule is CCCn1nc2n(c1=O)CCC(NC(=O)c1cccc3c1OC(F)(F)O3)CC2. The van der Waals surface area contributed by atoms with E-state index < -0.39 is 12.2 Å². The number of ether oxygens (including phenoxy) is 2. The van der Waals surface area contributed by atoms with Gasteiger partial charge in [0.2, 0.25) is 0 Å². The first-order chi connectivity index (χ1) is 13.4. The van der Waals surface area contributed by atoms with Crippen LogP contribution in [0.5, 0.6) is 11.5 Å². The summed E-state index contributed by atoms with van der Waals surface area (Å²) in [4.78, 5) is 25.0. The number of fused-ring (bicyclic) bond motifs is 2. The van der Waals surface area contributed by atoms with Crippen LogP contribution in [0.3, 0.4) is 0 Å². The summed E-state index contributed by atoms with van der Waals surface area (Å²) >= 11 is 0. The zero-order chi connectivity index (χ0) is 19.9. The predicted octanol–water partition coefficient (Wildman–Crippen LogP) is 1.91. The van der Waals surface area contributed by atoms with Crippen LogP contribution in [0.4, 0.5) is 8.78 Å². The van der Waals surface area contributed by atoms with Gasteiger partial charge >= 0.3 is 12.0 Å². The summed E-state index contributed by atoms with van der Waals surface area (Å²) in [5.41, 5.74) is -0.153. The summed E-state index contributed by atoms with van der Waals surface area (Å²) in [5, 5.41) is 7.22. The Kier molecular flexibility index (Phi) is 4.56. The number of hydrogen-bond donors (Lipinski definition) is 1. The highest BCUT2D eigenvalue weighted by Crippen LogP contribution is 2.43. The van der Waals surface area contributed by atoms with Gasteiger partial charge in [0.15, 0.2) is 11.5 Å². The van der Waals surface area contributed by atoms with Crippen molar-refractivity contribution in [2.75, 3.05) is 0 Å². The maximum atomic E-state index is 13.3. The number of para-hydroxylation sites is 1. The molecule has 1 unspecified atom stereocenters. The van der Waals surface area contributed by atoms with Crippen molar-refractivity contribution in [3.8, 4) is 11.5 Å². The molecule has 28 heavy (non-hydrogen) atoms. The van der Waals surface area contributed by atoms with E-state index in [9.17, 15) is 18.4 Å². The molecule has 1 aromatic heterocycles. The Morgan fingerprint density at radius 2 is 2.18 bits per heavy atom. The summed E-state index contributed by atoms with van der Waals surface area (Å²) in [6.07, 6.45) is -1.28. The quantitative estimate of drug-likeness (QED) is 0.856. The average Bonchev–Trinajstić information content (AvgIpc) is 3.03. The Morgan fingerprint density at radius 3 is 2.96 bits per heavy atom. The Labute approximate surface area is 159 Å². The zero-order valence-corrected chi connectivity index (χ0v) is 15.3. The van der Waals surface area contributed by atoms with Gasteiger partial charge in [0.25, 0.3) is 5.91 Å². The first kappa shape index (κ1) is 18.5. The summed E-state index contributed by atoms with van der Waals surface area (Å²) in [6.45, 7) is 2.99. The van der Waals surface area contributed by atoms with Crippen LogP contribution in [0.1, 0.15) is 42.4 Å². The number of nitrogens with zero attached hydrogens (tertiary/aromatic N) is 3. The number of halogens is 2. The molecule has 2 aliphatic rings. The monoisotopic (exact) mass is 394 g/mol. The third-order valence-corrected chi connectivity index (χ3v) is 4.86. The Hall–Kier alpha value is -2.91. The number of carbonyl (C=O) groups excluding carboxylic acids is 1. The second kappa shape index (κ2) is 6.92. The Bertz CT molecular complexity index is 969. The van der Waals surface area contributed by atoms with Gasteiger partial charge < -0.3 is 14.8 Å². The van der Waals surface area contributed by atoms with Crippen LogP contribution >= 0.6 is 0 Å². The zero-order valence-electron chi connectivity index (χ0n) is 15.3. The van der Waals surface area contributed by atoms with E-state index in [1.807, 2.05) is 6.92 Å². The van der Waals surface area contributed by atoms with Crippen molar-refractivity contribution >= 4 is 5.91 Å². The molecule has 1 amide bonds. The minimum Gasteiger partial charge on any atom is -0.395 e. The lowest BCUT2D eigenvalue weighted by Crippen LogP contribution is -2.36. The number of carbonyl (C=O) groups is 1. The van der Waals surface area contributed by atoms with Crippen molar-refractivity contribution < 1.29 is 23.0 Å². The molecule has 150 valence electrons. The van der Waals surface area contributed by atoms with E-state index in [0.29, 0.717) is 38.2 Å². The maximum absolute atomic E-state index is 13.3. The average molecular weight is 394 g/mol. The number of rotatable bonds is 4. The van der Waals surface area contributed by atoms with Gasteiger partial charge in [0.05, 0.1) is 5.56 Å². The maximum Gasteiger partial charge on any atom is 0.586 e. The van der Waals surface area contributed by atoms with E-state index in [2.05, 4.69) is 19.9 Å². The number of aromatic nitrogens is 3. The molecule has 0 spiro atoms. The summed E-state index contributed by atoms with van der Waals surface area (Å²) in [6, 6.07) is 3.97. The summed E-state index contributed by atoms with van der Waals surface area (Å²) in [5.74, 6) is -0.262. The highest BCUT2D eigenvalue weighted by Gasteiger charge is 2.45. The van der Waals surface area contributed by atoms with Crippen LogP contribution < -0.4 is 20.5 Å². The highest BCUT2D eigenvalue weighted by molar-refractivity contribution is 5.98. The van der Waals surface area contributed by atoms with Crippen molar-refractivity contribution in [1.82, 2.24) is 19.7 Å². The Morgan fingerprint density at radius 1 is 1.36 bits per heavy atom. The predicted molar refractivity (Wildman–Crippen MR) is 93.6 cm³/mol. The number of amides is 1. The van der Waals surface area contributed by atoms with E-state index in [0.717, 1.165) is 6.42 Å². The molecule has 0 fully saturated rings. The lowest BCUT2D eigenvalue weighted by molar-refractivity contribution is -0.286. The van der Waals surface area contributed by atoms with Crippen LogP contribution in [0.25, 0.3) is 0 Å². The lowest BCUT2D eigenvalue weighted by atomic mass is 10.1. The standard InChI is InChI=1S/C18H20F2N4O4/c1-2-9-24-17(26)23-10-8-11(6-7-14(23)22-24)21-16(25)12-4-3-5-13-15(12)28-18(19,20)27-13/h3-5,11H,2,6-10H2,1H3,(H,21,25). The molecule has 2 aromatic rings. The molecule has 0 saturated carbocycles. The van der Waals surface area contributed by atoms with Gasteiger partial charge in [-0.1, -0.05) is 13.0 Å². The first-order valence-electron chi connectivity index (χ1n) is 9.24. The molecule has 0 radical (unpaired) electrons. The van der Waals surface area contributed by atoms with Crippen molar-refractivity contribution in [1.29, 1.82) is 0 Å². The number of nitrogens with one attached hydrogen (secondary N) is 1. The van der Waals surface area contributed by atoms with Gasteiger partial charge in [0.1, 0.15) is 5.82 Å². The molecular weight excluding hydrogens is 374 g/mol. The van der Waals surface area contributed by atoms with Crippen molar-refractivity contribution in [2.24, 2.45) is 0 Å². The van der Waals surface area contributed by atoms with Gasteiger partial charge in [-0.25, -0.2) is 9.48 Å². The summed E-state index contributed by atoms with van der Waals surface area (Å²) < 4.78 is 38.6. The van der Waals surface area contributed by atoms with Gasteiger partial charge in [-0.3, -0.25) is 9.36 Å². The molecule has 8 nitrogen and oxygen atoms in total. The fourth-order valence-corrected chi connectivity index (χ4v) is 3.54. The van der Waals surface area contributed by atoms with Gasteiger partial charge in [-0.15, -0.1) is 8.78 Å². The molecule has 3 heterocycles. The molecule has 0 aliphatic carbocycles. The minimum atomic E-state index is -3.78. The summed E-state index contributed by atoms with van der Waals surface area (Å²) in [7, 11) is 0. The third-order valence-electron chi connectivity index (χ3n) is 4.86. The van der Waals surface area contributed by atoms with E-state index in [-0.39, 0.29) is 28.8 Å². The van der Waals surface area contributed by atoms with Crippen LogP contribution in [0, 0.1) is 0 Å². The normalized spacial score (nSPS) is 19.8. The topological polar surface area (TPSA) is 87.4 Å². The first-order valence-corrected chi connectivity index (χ1v) is 9.24. The smallest absolute Gasteiger partial charge is 0.395 e. The molecule has 1 atom stereocenters. The fourth-order valence-electron chi connectivity index (χ4n) is 3.54. The molecule has 0 saturated heterocycles. The molecule has 2 aliphatic heterocycles. The highest BCUT2D eigenvalue weighted by atomic mass is 19.3. The van der Waals surface area contributed by atoms with E-state index in [1.165, 1.54) is 22.9 Å². The third kappa shape index (κ3) is 3.34. The van der Waals surface area contributed by atoms with Crippen LogP contribution in [0.15, 0.2) is 23.0 Å². The van der Waals surface area contributed by atoms with E-state index >= 15 is 0 Å².